The van der Waals surface area contributed by atoms with E-state index in [0.29, 0.717) is 16.9 Å². The number of nitrogens with one attached hydrogen (secondary N) is 1. The van der Waals surface area contributed by atoms with Gasteiger partial charge in [-0.05, 0) is 187 Å². The van der Waals surface area contributed by atoms with Gasteiger partial charge in [-0.15, -0.1) is 0 Å². The molecule has 14 rings (SSSR count). The number of halogens is 2. The van der Waals surface area contributed by atoms with Crippen molar-refractivity contribution < 1.29 is 10.2 Å². The maximum Gasteiger partial charge on any atom is 0.187 e. The standard InChI is InChI=1S/C29H24N2O.C22H18N2.C15H15N.C7H4BrN.C7H7BrO/c1-29(2)27-7-5-4-6-25(27)26-17-16-24(18-28(26)29)31(22-12-8-20(19-32)9-13-22)23-14-10-21(30-3)11-15-23;1-22(2)20-7-5-4-6-18(20)19-13-12-17(14-21(19)22)24-16-10-8-15(23-3)9-11-16;1-15(2)13-6-4-3-5-11(13)12-8-7-10(16)9-14(12)15;2*8-7-3-1-6(5-9)2-4-7/h4-18,32H,19H2,1-2H3;4-14,24H,1-2H3;3-9H,16H2,1-2H3;1-4H;1-4,9H,5H2. The zero-order chi connectivity index (χ0) is 63.7. The molecule has 444 valence electrons. The number of aliphatic hydroxyl groups is 2. The van der Waals surface area contributed by atoms with Crippen LogP contribution < -0.4 is 16.0 Å². The highest BCUT2D eigenvalue weighted by Gasteiger charge is 2.38. The molecule has 0 spiro atoms. The molecular weight excluding hydrogens is 1240 g/mol. The van der Waals surface area contributed by atoms with Crippen LogP contribution in [0.5, 0.6) is 0 Å². The summed E-state index contributed by atoms with van der Waals surface area (Å²) in [7, 11) is 0. The van der Waals surface area contributed by atoms with Gasteiger partial charge in [-0.25, -0.2) is 9.69 Å². The van der Waals surface area contributed by atoms with E-state index in [4.69, 9.17) is 29.2 Å². The van der Waals surface area contributed by atoms with Crippen molar-refractivity contribution >= 4 is 77.4 Å². The fourth-order valence-electron chi connectivity index (χ4n) is 12.1. The summed E-state index contributed by atoms with van der Waals surface area (Å²) in [4.78, 5) is 9.16. The summed E-state index contributed by atoms with van der Waals surface area (Å²) in [6.45, 7) is 28.1. The van der Waals surface area contributed by atoms with E-state index >= 15 is 0 Å². The van der Waals surface area contributed by atoms with Gasteiger partial charge in [-0.3, -0.25) is 0 Å². The van der Waals surface area contributed by atoms with E-state index in [9.17, 15) is 5.11 Å². The van der Waals surface area contributed by atoms with Gasteiger partial charge in [-0.2, -0.15) is 5.26 Å². The summed E-state index contributed by atoms with van der Waals surface area (Å²) in [5, 5.41) is 29.9. The number of aliphatic hydroxyl groups excluding tert-OH is 2. The number of nitriles is 1. The highest BCUT2D eigenvalue weighted by Crippen LogP contribution is 2.52. The predicted molar refractivity (Wildman–Crippen MR) is 378 cm³/mol. The average molecular weight is 1310 g/mol. The Kier molecular flexibility index (Phi) is 19.2. The Morgan fingerprint density at radius 3 is 1.23 bits per heavy atom. The number of nitrogens with zero attached hydrogens (tertiary/aromatic N) is 4. The molecule has 0 saturated carbocycles. The lowest BCUT2D eigenvalue weighted by Gasteiger charge is -2.28. The van der Waals surface area contributed by atoms with Gasteiger partial charge < -0.3 is 26.2 Å². The molecule has 0 fully saturated rings. The molecule has 11 aromatic carbocycles. The first-order valence-electron chi connectivity index (χ1n) is 29.6. The zero-order valence-corrected chi connectivity index (χ0v) is 54.3. The van der Waals surface area contributed by atoms with Gasteiger partial charge in [0.25, 0.3) is 0 Å². The SMILES string of the molecule is CC1(C)c2ccccc2-c2ccc(N)cc21.N#Cc1ccc(Br)cc1.OCc1ccc(Br)cc1.[C-]#[N+]c1ccc(N(c2ccc(CO)cc2)c2ccc3c(c2)C(C)(C)c2ccccc2-3)cc1.[C-]#[N+]c1ccc(Nc2ccc3c(c2)C(C)(C)c2ccccc2-3)cc1. The van der Waals surface area contributed by atoms with Gasteiger partial charge >= 0.3 is 0 Å². The zero-order valence-electron chi connectivity index (χ0n) is 51.1. The number of rotatable bonds is 7. The summed E-state index contributed by atoms with van der Waals surface area (Å²) >= 11 is 6.56. The van der Waals surface area contributed by atoms with E-state index < -0.39 is 0 Å². The predicted octanol–water partition coefficient (Wildman–Crippen LogP) is 21.6. The lowest BCUT2D eigenvalue weighted by Crippen LogP contribution is -2.16. The topological polar surface area (TPSA) is 114 Å². The molecule has 0 atom stereocenters. The summed E-state index contributed by atoms with van der Waals surface area (Å²) in [5.74, 6) is 0. The summed E-state index contributed by atoms with van der Waals surface area (Å²) in [6, 6.07) is 85.4. The lowest BCUT2D eigenvalue weighted by atomic mass is 9.82. The van der Waals surface area contributed by atoms with Crippen molar-refractivity contribution in [3.63, 3.8) is 0 Å². The van der Waals surface area contributed by atoms with Crippen LogP contribution in [0.1, 0.15) is 91.6 Å². The minimum atomic E-state index is -0.0810. The minimum Gasteiger partial charge on any atom is -0.399 e. The number of hydrogen-bond donors (Lipinski definition) is 4. The molecule has 0 unspecified atom stereocenters. The molecule has 10 heteroatoms. The lowest BCUT2D eigenvalue weighted by molar-refractivity contribution is 0.281. The van der Waals surface area contributed by atoms with Crippen molar-refractivity contribution in [1.29, 1.82) is 5.26 Å². The Morgan fingerprint density at radius 2 is 0.778 bits per heavy atom. The van der Waals surface area contributed by atoms with Crippen molar-refractivity contribution in [3.05, 3.63) is 331 Å². The van der Waals surface area contributed by atoms with Crippen LogP contribution in [0.2, 0.25) is 0 Å². The van der Waals surface area contributed by atoms with Gasteiger partial charge in [0.15, 0.2) is 11.4 Å². The fraction of sp³-hybridized carbons (Fsp3) is 0.138. The summed E-state index contributed by atoms with van der Waals surface area (Å²) < 4.78 is 2.04. The Hall–Kier alpha value is -9.83. The molecule has 11 aromatic rings. The Balaban J connectivity index is 0.000000135. The summed E-state index contributed by atoms with van der Waals surface area (Å²) in [6.07, 6.45) is 0. The second-order valence-electron chi connectivity index (χ2n) is 23.8. The number of benzene rings is 11. The van der Waals surface area contributed by atoms with Crippen LogP contribution in [0.25, 0.3) is 43.1 Å². The van der Waals surface area contributed by atoms with Gasteiger partial charge in [0.2, 0.25) is 0 Å². The molecule has 8 nitrogen and oxygen atoms in total. The van der Waals surface area contributed by atoms with E-state index in [1.807, 2.05) is 121 Å². The molecule has 0 amide bonds. The molecule has 90 heavy (non-hydrogen) atoms. The number of fused-ring (bicyclic) bond motifs is 9. The first-order chi connectivity index (χ1) is 43.4. The fourth-order valence-corrected chi connectivity index (χ4v) is 12.6. The van der Waals surface area contributed by atoms with Gasteiger partial charge in [0.1, 0.15) is 0 Å². The van der Waals surface area contributed by atoms with Crippen molar-refractivity contribution in [2.75, 3.05) is 16.0 Å². The molecule has 3 aliphatic rings. The third-order valence-corrected chi connectivity index (χ3v) is 18.0. The molecule has 0 aliphatic heterocycles. The van der Waals surface area contributed by atoms with Crippen LogP contribution in [0.3, 0.4) is 0 Å². The third-order valence-electron chi connectivity index (χ3n) is 17.0. The smallest absolute Gasteiger partial charge is 0.187 e. The maximum atomic E-state index is 9.47. The summed E-state index contributed by atoms with van der Waals surface area (Å²) in [5.41, 5.74) is 31.7. The highest BCUT2D eigenvalue weighted by atomic mass is 79.9. The van der Waals surface area contributed by atoms with Crippen molar-refractivity contribution in [1.82, 2.24) is 0 Å². The van der Waals surface area contributed by atoms with Gasteiger partial charge in [0.05, 0.1) is 38.0 Å². The molecule has 5 N–H and O–H groups in total. The monoisotopic (exact) mass is 1300 g/mol. The Labute approximate surface area is 546 Å². The number of nitrogen functional groups attached to an aromatic ring is 1. The van der Waals surface area contributed by atoms with Gasteiger partial charge in [0, 0.05) is 59.3 Å². The largest absolute Gasteiger partial charge is 0.399 e. The normalized spacial score (nSPS) is 12.9. The highest BCUT2D eigenvalue weighted by molar-refractivity contribution is 9.10. The molecule has 0 aromatic heterocycles. The first-order valence-corrected chi connectivity index (χ1v) is 31.2. The first kappa shape index (κ1) is 63.2. The van der Waals surface area contributed by atoms with E-state index in [1.54, 1.807) is 12.1 Å². The number of hydrogen-bond acceptors (Lipinski definition) is 6. The van der Waals surface area contributed by atoms with Crippen LogP contribution in [-0.4, -0.2) is 10.2 Å². The second kappa shape index (κ2) is 27.3. The van der Waals surface area contributed by atoms with Crippen LogP contribution in [0, 0.1) is 24.5 Å². The van der Waals surface area contributed by atoms with E-state index in [-0.39, 0.29) is 29.5 Å². The second-order valence-corrected chi connectivity index (χ2v) is 25.6. The van der Waals surface area contributed by atoms with Crippen molar-refractivity contribution in [2.45, 2.75) is 71.0 Å². The maximum absolute atomic E-state index is 9.47. The molecule has 0 radical (unpaired) electrons. The van der Waals surface area contributed by atoms with Gasteiger partial charge in [-0.1, -0.05) is 213 Å². The van der Waals surface area contributed by atoms with Crippen LogP contribution >= 0.6 is 31.9 Å². The van der Waals surface area contributed by atoms with E-state index in [1.165, 1.54) is 66.8 Å². The molecule has 0 saturated heterocycles. The van der Waals surface area contributed by atoms with Crippen molar-refractivity contribution in [3.8, 4) is 39.4 Å². The number of nitrogens with two attached hydrogens (primary N) is 1. The van der Waals surface area contributed by atoms with Crippen LogP contribution in [0.15, 0.2) is 258 Å². The van der Waals surface area contributed by atoms with Crippen LogP contribution in [-0.2, 0) is 29.5 Å². The van der Waals surface area contributed by atoms with E-state index in [2.05, 4.69) is 215 Å². The van der Waals surface area contributed by atoms with E-state index in [0.717, 1.165) is 54.2 Å². The molecule has 3 aliphatic carbocycles. The quantitative estimate of drug-likeness (QED) is 0.0934. The van der Waals surface area contributed by atoms with Crippen LogP contribution in [0.4, 0.5) is 45.5 Å². The number of anilines is 6. The minimum absolute atomic E-state index is 0.0115. The Morgan fingerprint density at radius 1 is 0.422 bits per heavy atom. The Bertz CT molecular complexity index is 4500. The third kappa shape index (κ3) is 13.4. The van der Waals surface area contributed by atoms with Crippen molar-refractivity contribution in [2.24, 2.45) is 0 Å². The molecule has 0 heterocycles. The molecular formula is C80H68Br2N6O2. The average Bonchev–Trinajstić information content (AvgIpc) is 1.63. The molecule has 0 bridgehead atoms.